The number of unbranched alkanes of at least 4 members (excludes halogenated alkanes) is 1. The number of halogens is 2. The zero-order valence-corrected chi connectivity index (χ0v) is 27.4. The minimum Gasteiger partial charge on any atom is -0.184 e. The van der Waals surface area contributed by atoms with Crippen LogP contribution < -0.4 is 10.4 Å². The van der Waals surface area contributed by atoms with Crippen molar-refractivity contribution in [2.45, 2.75) is 47.0 Å². The molecule has 0 aromatic heterocycles. The standard InChI is InChI=1S/C22H25.C12H7Si.2ClH.Zr/c1-5-6-7-18-13-19-9-8-17(4)22(21(19)14-18)20-11-15(2)10-16(3)12-20;1-3-7-11-9(5-1)10-6-2-4-8-12(10)13-11;;;/h8-14H,5-7H2,1-4H3;1-7H;2*1H;/q2*-1;;;+4/p-2. The summed E-state index contributed by atoms with van der Waals surface area (Å²) in [6, 6.07) is 34.4. The summed E-state index contributed by atoms with van der Waals surface area (Å²) < 4.78 is 0. The average molecular weight is 631 g/mol. The zero-order valence-electron chi connectivity index (χ0n) is 22.5. The number of hydrogen-bond acceptors (Lipinski definition) is 0. The third-order valence-electron chi connectivity index (χ3n) is 6.82. The van der Waals surface area contributed by atoms with Crippen molar-refractivity contribution in [2.75, 3.05) is 0 Å². The van der Waals surface area contributed by atoms with Crippen molar-refractivity contribution < 1.29 is 20.8 Å². The molecule has 0 fully saturated rings. The molecule has 0 bridgehead atoms. The summed E-state index contributed by atoms with van der Waals surface area (Å²) in [7, 11) is 10.7. The molecule has 5 aromatic carbocycles. The maximum Gasteiger partial charge on any atom is 0.0920 e. The molecule has 6 rings (SSSR count). The van der Waals surface area contributed by atoms with Gasteiger partial charge in [0.05, 0.1) is 9.52 Å². The first-order chi connectivity index (χ1) is 18.4. The summed E-state index contributed by atoms with van der Waals surface area (Å²) in [5.41, 5.74) is 11.1. The number of aryl methyl sites for hydroxylation is 4. The first kappa shape index (κ1) is 29.2. The number of hydrogen-bond donors (Lipinski definition) is 0. The molecular formula is C34H32Cl2SiZr. The summed E-state index contributed by atoms with van der Waals surface area (Å²) in [6.45, 7) is 8.85. The molecule has 0 nitrogen and oxygen atoms in total. The first-order valence-electron chi connectivity index (χ1n) is 13.1. The van der Waals surface area contributed by atoms with Crippen molar-refractivity contribution >= 4 is 47.7 Å². The number of rotatable bonds is 4. The van der Waals surface area contributed by atoms with Crippen molar-refractivity contribution in [1.29, 1.82) is 0 Å². The van der Waals surface area contributed by atoms with E-state index < -0.39 is 20.8 Å². The third-order valence-corrected chi connectivity index (χ3v) is 8.19. The SMILES string of the molecule is CCCCc1cc2c(-c3cc(C)cc(C)c3)c(C)ccc2[cH-]1.[Cl][Zr+2][Cl].[c-]1cccc2c1[Si]c1ccccc1-2. The predicted molar refractivity (Wildman–Crippen MR) is 165 cm³/mol. The Labute approximate surface area is 249 Å². The van der Waals surface area contributed by atoms with Gasteiger partial charge in [0, 0.05) is 0 Å². The van der Waals surface area contributed by atoms with Gasteiger partial charge >= 0.3 is 37.9 Å². The van der Waals surface area contributed by atoms with E-state index in [1.165, 1.54) is 84.9 Å². The second-order valence-electron chi connectivity index (χ2n) is 9.80. The fraction of sp³-hybridized carbons (Fsp3) is 0.206. The van der Waals surface area contributed by atoms with Crippen molar-refractivity contribution in [2.24, 2.45) is 0 Å². The maximum absolute atomic E-state index is 4.93. The summed E-state index contributed by atoms with van der Waals surface area (Å²) >= 11 is -0.826. The molecule has 0 spiro atoms. The number of fused-ring (bicyclic) bond motifs is 4. The number of benzene rings is 4. The van der Waals surface area contributed by atoms with Gasteiger partial charge in [-0.2, -0.15) is 35.5 Å². The molecule has 0 saturated heterocycles. The molecule has 2 radical (unpaired) electrons. The Morgan fingerprint density at radius 2 is 1.58 bits per heavy atom. The van der Waals surface area contributed by atoms with E-state index in [4.69, 9.17) is 17.0 Å². The second-order valence-corrected chi connectivity index (χ2v) is 14.8. The van der Waals surface area contributed by atoms with E-state index >= 15 is 0 Å². The van der Waals surface area contributed by atoms with E-state index in [0.717, 1.165) is 9.52 Å². The van der Waals surface area contributed by atoms with Gasteiger partial charge in [-0.15, -0.1) is 40.1 Å². The molecule has 38 heavy (non-hydrogen) atoms. The fourth-order valence-corrected chi connectivity index (χ4v) is 6.52. The minimum atomic E-state index is -0.826. The second kappa shape index (κ2) is 14.0. The van der Waals surface area contributed by atoms with Crippen molar-refractivity contribution in [3.8, 4) is 22.3 Å². The van der Waals surface area contributed by atoms with Crippen LogP contribution in [0.15, 0.2) is 84.9 Å². The van der Waals surface area contributed by atoms with E-state index in [9.17, 15) is 0 Å². The van der Waals surface area contributed by atoms with Crippen LogP contribution in [0.4, 0.5) is 0 Å². The van der Waals surface area contributed by atoms with Crippen LogP contribution in [0.5, 0.6) is 0 Å². The Hall–Kier alpha value is -1.83. The van der Waals surface area contributed by atoms with E-state index in [-0.39, 0.29) is 0 Å². The van der Waals surface area contributed by atoms with Crippen LogP contribution >= 0.6 is 17.0 Å². The molecule has 5 aromatic rings. The van der Waals surface area contributed by atoms with Crippen molar-refractivity contribution in [1.82, 2.24) is 0 Å². The van der Waals surface area contributed by atoms with Gasteiger partial charge in [0.2, 0.25) is 0 Å². The van der Waals surface area contributed by atoms with Crippen LogP contribution in [-0.2, 0) is 27.3 Å². The maximum atomic E-state index is 4.93. The Bertz CT molecular complexity index is 1460. The largest absolute Gasteiger partial charge is 0.184 e. The van der Waals surface area contributed by atoms with Crippen LogP contribution in [0.2, 0.25) is 0 Å². The van der Waals surface area contributed by atoms with Gasteiger partial charge in [-0.1, -0.05) is 95.2 Å². The van der Waals surface area contributed by atoms with Gasteiger partial charge in [0.25, 0.3) is 0 Å². The summed E-state index contributed by atoms with van der Waals surface area (Å²) in [6.07, 6.45) is 3.72. The van der Waals surface area contributed by atoms with Crippen LogP contribution in [-0.4, -0.2) is 9.52 Å². The summed E-state index contributed by atoms with van der Waals surface area (Å²) in [5.74, 6) is 0. The van der Waals surface area contributed by atoms with Gasteiger partial charge in [-0.25, -0.2) is 0 Å². The molecule has 0 saturated carbocycles. The topological polar surface area (TPSA) is 0 Å². The van der Waals surface area contributed by atoms with Gasteiger partial charge in [-0.3, -0.25) is 0 Å². The molecule has 0 N–H and O–H groups in total. The van der Waals surface area contributed by atoms with Gasteiger partial charge in [-0.05, 0) is 32.8 Å². The monoisotopic (exact) mass is 628 g/mol. The molecular weight excluding hydrogens is 599 g/mol. The van der Waals surface area contributed by atoms with Crippen LogP contribution in [0, 0.1) is 26.8 Å². The van der Waals surface area contributed by atoms with E-state index in [2.05, 4.69) is 113 Å². The van der Waals surface area contributed by atoms with E-state index in [1.807, 2.05) is 6.07 Å². The van der Waals surface area contributed by atoms with Gasteiger partial charge in [0.1, 0.15) is 0 Å². The molecule has 1 aliphatic heterocycles. The Morgan fingerprint density at radius 3 is 2.32 bits per heavy atom. The Kier molecular flexibility index (Phi) is 10.7. The quantitative estimate of drug-likeness (QED) is 0.135. The normalized spacial score (nSPS) is 11.0. The Balaban J connectivity index is 0.000000177. The Morgan fingerprint density at radius 1 is 0.868 bits per heavy atom. The van der Waals surface area contributed by atoms with Gasteiger partial charge < -0.3 is 0 Å². The molecule has 0 atom stereocenters. The summed E-state index contributed by atoms with van der Waals surface area (Å²) in [4.78, 5) is 0. The minimum absolute atomic E-state index is 0.795. The summed E-state index contributed by atoms with van der Waals surface area (Å²) in [5, 5.41) is 5.62. The van der Waals surface area contributed by atoms with Gasteiger partial charge in [0.15, 0.2) is 0 Å². The molecule has 4 heteroatoms. The van der Waals surface area contributed by atoms with Crippen LogP contribution in [0.3, 0.4) is 0 Å². The van der Waals surface area contributed by atoms with Crippen molar-refractivity contribution in [3.05, 3.63) is 113 Å². The van der Waals surface area contributed by atoms with E-state index in [0.29, 0.717) is 0 Å². The smallest absolute Gasteiger partial charge is 0.0920 e. The molecule has 1 heterocycles. The predicted octanol–water partition coefficient (Wildman–Crippen LogP) is 8.99. The fourth-order valence-electron chi connectivity index (χ4n) is 5.21. The molecule has 1 aliphatic rings. The molecule has 0 aliphatic carbocycles. The van der Waals surface area contributed by atoms with Crippen molar-refractivity contribution in [3.63, 3.8) is 0 Å². The third kappa shape index (κ3) is 7.02. The molecule has 190 valence electrons. The zero-order chi connectivity index (χ0) is 27.1. The van der Waals surface area contributed by atoms with Crippen LogP contribution in [0.25, 0.3) is 33.0 Å². The molecule has 0 amide bonds. The molecule has 0 unspecified atom stereocenters. The average Bonchev–Trinajstić information content (AvgIpc) is 3.49. The van der Waals surface area contributed by atoms with Crippen LogP contribution in [0.1, 0.15) is 42.0 Å². The first-order valence-corrected chi connectivity index (χ1v) is 20.4. The van der Waals surface area contributed by atoms with E-state index in [1.54, 1.807) is 0 Å².